The lowest BCUT2D eigenvalue weighted by Crippen LogP contribution is -2.09. The molecule has 0 aliphatic heterocycles. The number of hydrogen-bond acceptors (Lipinski definition) is 5. The first-order valence-electron chi connectivity index (χ1n) is 5.15. The van der Waals surface area contributed by atoms with Crippen LogP contribution in [0.5, 0.6) is 0 Å². The molecule has 0 saturated carbocycles. The summed E-state index contributed by atoms with van der Waals surface area (Å²) in [6.45, 7) is 1.97. The number of anilines is 1. The van der Waals surface area contributed by atoms with Crippen molar-refractivity contribution >= 4 is 34.7 Å². The topological polar surface area (TPSA) is 75.1 Å². The summed E-state index contributed by atoms with van der Waals surface area (Å²) in [5.74, 6) is -0.566. The highest BCUT2D eigenvalue weighted by molar-refractivity contribution is 7.16. The Morgan fingerprint density at radius 2 is 2.17 bits per heavy atom. The maximum absolute atomic E-state index is 10.6. The fourth-order valence-electron chi connectivity index (χ4n) is 1.38. The van der Waals surface area contributed by atoms with Crippen molar-refractivity contribution < 1.29 is 9.90 Å². The molecule has 18 heavy (non-hydrogen) atoms. The average molecular weight is 284 g/mol. The molecule has 2 rings (SSSR count). The summed E-state index contributed by atoms with van der Waals surface area (Å²) in [5, 5.41) is 19.2. The van der Waals surface area contributed by atoms with Gasteiger partial charge < -0.3 is 10.4 Å². The molecule has 0 aromatic carbocycles. The zero-order valence-corrected chi connectivity index (χ0v) is 11.0. The molecule has 0 aliphatic rings. The van der Waals surface area contributed by atoms with Crippen LogP contribution in [0.25, 0.3) is 0 Å². The van der Waals surface area contributed by atoms with Crippen LogP contribution in [0.3, 0.4) is 0 Å². The van der Waals surface area contributed by atoms with Gasteiger partial charge in [0.1, 0.15) is 5.82 Å². The average Bonchev–Trinajstić information content (AvgIpc) is 2.76. The fraction of sp³-hybridized carbons (Fsp3) is 0.182. The zero-order valence-electron chi connectivity index (χ0n) is 9.42. The summed E-state index contributed by atoms with van der Waals surface area (Å²) < 4.78 is 0.728. The summed E-state index contributed by atoms with van der Waals surface area (Å²) in [7, 11) is 0. The number of rotatable bonds is 4. The Balaban J connectivity index is 2.07. The van der Waals surface area contributed by atoms with E-state index in [2.05, 4.69) is 15.5 Å². The highest BCUT2D eigenvalue weighted by Crippen LogP contribution is 2.28. The fourth-order valence-corrected chi connectivity index (χ4v) is 2.44. The van der Waals surface area contributed by atoms with Gasteiger partial charge in [0.25, 0.3) is 0 Å². The number of carbonyl (C=O) groups is 1. The molecule has 0 amide bonds. The molecule has 1 unspecified atom stereocenters. The summed E-state index contributed by atoms with van der Waals surface area (Å²) >= 11 is 7.34. The number of hydrogen-bond donors (Lipinski definition) is 2. The Bertz CT molecular complexity index is 556. The van der Waals surface area contributed by atoms with Gasteiger partial charge in [0.15, 0.2) is 5.69 Å². The molecule has 0 radical (unpaired) electrons. The van der Waals surface area contributed by atoms with Crippen molar-refractivity contribution in [2.75, 3.05) is 5.32 Å². The summed E-state index contributed by atoms with van der Waals surface area (Å²) in [4.78, 5) is 11.7. The van der Waals surface area contributed by atoms with Crippen LogP contribution in [0.4, 0.5) is 5.82 Å². The lowest BCUT2D eigenvalue weighted by atomic mass is 10.3. The summed E-state index contributed by atoms with van der Waals surface area (Å²) in [5.41, 5.74) is -0.0765. The molecule has 2 aromatic rings. The van der Waals surface area contributed by atoms with Crippen LogP contribution in [0, 0.1) is 0 Å². The van der Waals surface area contributed by atoms with Gasteiger partial charge in [-0.3, -0.25) is 0 Å². The number of carboxylic acids is 1. The lowest BCUT2D eigenvalue weighted by molar-refractivity contribution is 0.0689. The molecule has 0 aliphatic carbocycles. The maximum atomic E-state index is 10.6. The number of nitrogens with zero attached hydrogens (tertiary/aromatic N) is 2. The van der Waals surface area contributed by atoms with Crippen LogP contribution in [-0.4, -0.2) is 21.3 Å². The van der Waals surface area contributed by atoms with Gasteiger partial charge in [0, 0.05) is 4.88 Å². The maximum Gasteiger partial charge on any atom is 0.356 e. The number of thiophene rings is 1. The Kier molecular flexibility index (Phi) is 3.78. The molecule has 1 atom stereocenters. The van der Waals surface area contributed by atoms with E-state index < -0.39 is 5.97 Å². The number of aromatic carboxylic acids is 1. The number of carboxylic acid groups (broad SMARTS) is 1. The largest absolute Gasteiger partial charge is 0.476 e. The summed E-state index contributed by atoms with van der Waals surface area (Å²) in [6.07, 6.45) is 0. The van der Waals surface area contributed by atoms with E-state index in [0.29, 0.717) is 5.82 Å². The van der Waals surface area contributed by atoms with E-state index in [1.54, 1.807) is 6.07 Å². The Morgan fingerprint density at radius 1 is 1.39 bits per heavy atom. The molecule has 2 heterocycles. The van der Waals surface area contributed by atoms with Gasteiger partial charge in [0.05, 0.1) is 10.4 Å². The smallest absolute Gasteiger partial charge is 0.356 e. The van der Waals surface area contributed by atoms with E-state index >= 15 is 0 Å². The van der Waals surface area contributed by atoms with Crippen LogP contribution in [-0.2, 0) is 0 Å². The minimum Gasteiger partial charge on any atom is -0.476 e. The molecular weight excluding hydrogens is 274 g/mol. The Morgan fingerprint density at radius 3 is 2.67 bits per heavy atom. The first-order chi connectivity index (χ1) is 8.56. The third-order valence-corrected chi connectivity index (χ3v) is 3.68. The molecule has 0 spiro atoms. The van der Waals surface area contributed by atoms with Gasteiger partial charge in [-0.25, -0.2) is 4.79 Å². The predicted octanol–water partition coefficient (Wildman–Crippen LogP) is 3.06. The van der Waals surface area contributed by atoms with E-state index in [9.17, 15) is 4.79 Å². The van der Waals surface area contributed by atoms with E-state index in [1.807, 2.05) is 19.1 Å². The van der Waals surface area contributed by atoms with Crippen LogP contribution < -0.4 is 5.32 Å². The first kappa shape index (κ1) is 12.8. The molecule has 2 aromatic heterocycles. The Hall–Kier alpha value is -1.66. The minimum absolute atomic E-state index is 0.0347. The number of halogens is 1. The predicted molar refractivity (Wildman–Crippen MR) is 70.4 cm³/mol. The van der Waals surface area contributed by atoms with E-state index in [1.165, 1.54) is 17.4 Å². The summed E-state index contributed by atoms with van der Waals surface area (Å²) in [6, 6.07) is 6.80. The van der Waals surface area contributed by atoms with Crippen LogP contribution >= 0.6 is 22.9 Å². The third kappa shape index (κ3) is 2.96. The van der Waals surface area contributed by atoms with Crippen molar-refractivity contribution in [2.24, 2.45) is 0 Å². The monoisotopic (exact) mass is 283 g/mol. The third-order valence-electron chi connectivity index (χ3n) is 2.27. The molecule has 0 fully saturated rings. The van der Waals surface area contributed by atoms with Gasteiger partial charge in [-0.15, -0.1) is 21.5 Å². The van der Waals surface area contributed by atoms with E-state index in [0.717, 1.165) is 9.21 Å². The van der Waals surface area contributed by atoms with Crippen molar-refractivity contribution in [2.45, 2.75) is 13.0 Å². The van der Waals surface area contributed by atoms with Gasteiger partial charge in [-0.1, -0.05) is 11.6 Å². The second-order valence-corrected chi connectivity index (χ2v) is 5.36. The van der Waals surface area contributed by atoms with Crippen molar-refractivity contribution in [3.63, 3.8) is 0 Å². The van der Waals surface area contributed by atoms with Crippen molar-refractivity contribution in [1.29, 1.82) is 0 Å². The van der Waals surface area contributed by atoms with Gasteiger partial charge in [0.2, 0.25) is 0 Å². The van der Waals surface area contributed by atoms with E-state index in [4.69, 9.17) is 16.7 Å². The second-order valence-electron chi connectivity index (χ2n) is 3.62. The lowest BCUT2D eigenvalue weighted by Gasteiger charge is -2.11. The second kappa shape index (κ2) is 5.32. The molecule has 5 nitrogen and oxygen atoms in total. The number of nitrogens with one attached hydrogen (secondary N) is 1. The Labute approximate surface area is 112 Å². The van der Waals surface area contributed by atoms with Crippen LogP contribution in [0.15, 0.2) is 24.3 Å². The normalized spacial score (nSPS) is 12.1. The van der Waals surface area contributed by atoms with Crippen molar-refractivity contribution in [3.05, 3.63) is 39.2 Å². The standard InChI is InChI=1S/C11H10ClN3O2S/c1-6(8-3-4-9(12)18-8)13-10-5-2-7(11(16)17)14-15-10/h2-6H,1H3,(H,13,15)(H,16,17). The SMILES string of the molecule is CC(Nc1ccc(C(=O)O)nn1)c1ccc(Cl)s1. The minimum atomic E-state index is -1.09. The molecule has 0 bridgehead atoms. The van der Waals surface area contributed by atoms with Crippen LogP contribution in [0.1, 0.15) is 28.3 Å². The first-order valence-corrected chi connectivity index (χ1v) is 6.34. The van der Waals surface area contributed by atoms with Crippen molar-refractivity contribution in [3.8, 4) is 0 Å². The van der Waals surface area contributed by atoms with Crippen molar-refractivity contribution in [1.82, 2.24) is 10.2 Å². The molecule has 7 heteroatoms. The van der Waals surface area contributed by atoms with Gasteiger partial charge in [-0.2, -0.15) is 0 Å². The van der Waals surface area contributed by atoms with Gasteiger partial charge >= 0.3 is 5.97 Å². The molecule has 0 saturated heterocycles. The van der Waals surface area contributed by atoms with E-state index in [-0.39, 0.29) is 11.7 Å². The quantitative estimate of drug-likeness (QED) is 0.902. The highest BCUT2D eigenvalue weighted by atomic mass is 35.5. The van der Waals surface area contributed by atoms with Crippen LogP contribution in [0.2, 0.25) is 4.34 Å². The molecule has 94 valence electrons. The van der Waals surface area contributed by atoms with Gasteiger partial charge in [-0.05, 0) is 31.2 Å². The highest BCUT2D eigenvalue weighted by Gasteiger charge is 2.10. The number of aromatic nitrogens is 2. The molecule has 2 N–H and O–H groups in total. The molecular formula is C11H10ClN3O2S. The zero-order chi connectivity index (χ0) is 13.1.